The topological polar surface area (TPSA) is 75.5 Å². The number of nitrogens with one attached hydrogen (secondary N) is 1. The Morgan fingerprint density at radius 1 is 1.36 bits per heavy atom. The Morgan fingerprint density at radius 3 is 2.64 bits per heavy atom. The van der Waals surface area contributed by atoms with Crippen LogP contribution in [-0.4, -0.2) is 28.3 Å². The van der Waals surface area contributed by atoms with E-state index in [-0.39, 0.29) is 29.2 Å². The highest BCUT2D eigenvalue weighted by molar-refractivity contribution is 7.11. The summed E-state index contributed by atoms with van der Waals surface area (Å²) in [5.74, 6) is -0.224. The molecule has 1 aromatic carbocycles. The van der Waals surface area contributed by atoms with E-state index in [1.807, 2.05) is 25.7 Å². The van der Waals surface area contributed by atoms with Crippen LogP contribution in [0, 0.1) is 17.0 Å². The van der Waals surface area contributed by atoms with Gasteiger partial charge in [0.05, 0.1) is 11.5 Å². The molecule has 0 aliphatic carbocycles. The van der Waals surface area contributed by atoms with Gasteiger partial charge in [-0.25, -0.2) is 0 Å². The first-order valence-corrected chi connectivity index (χ1v) is 8.99. The molecule has 1 aromatic heterocycles. The number of nitro benzene ring substituents is 1. The minimum atomic E-state index is -0.572. The molecule has 0 bridgehead atoms. The number of carbonyl (C=O) groups is 1. The van der Waals surface area contributed by atoms with Gasteiger partial charge in [0.25, 0.3) is 5.69 Å². The molecule has 1 amide bonds. The van der Waals surface area contributed by atoms with Crippen molar-refractivity contribution in [2.45, 2.75) is 33.4 Å². The first-order chi connectivity index (χ1) is 11.8. The van der Waals surface area contributed by atoms with Gasteiger partial charge in [0, 0.05) is 34.1 Å². The SMILES string of the molecule is Cc1ccc(CN(CC(=O)Nc2ccc(Cl)c([N+](=O)[O-])c2)C(C)C)s1. The number of benzene rings is 1. The molecule has 0 spiro atoms. The Bertz CT molecular complexity index is 776. The Morgan fingerprint density at radius 2 is 2.08 bits per heavy atom. The second-order valence-corrected chi connectivity index (χ2v) is 7.76. The third kappa shape index (κ3) is 5.52. The van der Waals surface area contributed by atoms with Gasteiger partial charge >= 0.3 is 0 Å². The fourth-order valence-electron chi connectivity index (χ4n) is 2.31. The maximum atomic E-state index is 12.3. The minimum absolute atomic E-state index is 0.0415. The van der Waals surface area contributed by atoms with Crippen molar-refractivity contribution in [3.63, 3.8) is 0 Å². The van der Waals surface area contributed by atoms with E-state index in [4.69, 9.17) is 11.6 Å². The Labute approximate surface area is 155 Å². The van der Waals surface area contributed by atoms with Crippen molar-refractivity contribution in [3.8, 4) is 0 Å². The molecule has 1 N–H and O–H groups in total. The van der Waals surface area contributed by atoms with Crippen LogP contribution in [0.2, 0.25) is 5.02 Å². The summed E-state index contributed by atoms with van der Waals surface area (Å²) < 4.78 is 0. The number of amides is 1. The molecule has 0 saturated carbocycles. The second kappa shape index (κ2) is 8.42. The third-order valence-electron chi connectivity index (χ3n) is 3.66. The summed E-state index contributed by atoms with van der Waals surface area (Å²) in [5.41, 5.74) is 0.131. The van der Waals surface area contributed by atoms with Crippen LogP contribution in [0.5, 0.6) is 0 Å². The van der Waals surface area contributed by atoms with Gasteiger partial charge in [-0.15, -0.1) is 11.3 Å². The molecule has 0 atom stereocenters. The van der Waals surface area contributed by atoms with Crippen LogP contribution in [0.3, 0.4) is 0 Å². The number of hydrogen-bond acceptors (Lipinski definition) is 5. The van der Waals surface area contributed by atoms with Crippen molar-refractivity contribution in [2.75, 3.05) is 11.9 Å². The monoisotopic (exact) mass is 381 g/mol. The predicted octanol–water partition coefficient (Wildman–Crippen LogP) is 4.47. The maximum Gasteiger partial charge on any atom is 0.289 e. The maximum absolute atomic E-state index is 12.3. The van der Waals surface area contributed by atoms with E-state index >= 15 is 0 Å². The van der Waals surface area contributed by atoms with Crippen molar-refractivity contribution in [2.24, 2.45) is 0 Å². The second-order valence-electron chi connectivity index (χ2n) is 5.98. The predicted molar refractivity (Wildman–Crippen MR) is 101 cm³/mol. The largest absolute Gasteiger partial charge is 0.325 e. The van der Waals surface area contributed by atoms with Crippen LogP contribution in [0.1, 0.15) is 23.6 Å². The zero-order valence-corrected chi connectivity index (χ0v) is 15.9. The molecule has 6 nitrogen and oxygen atoms in total. The molecule has 8 heteroatoms. The van der Waals surface area contributed by atoms with Gasteiger partial charge in [0.1, 0.15) is 5.02 Å². The number of anilines is 1. The van der Waals surface area contributed by atoms with Crippen LogP contribution in [0.25, 0.3) is 0 Å². The summed E-state index contributed by atoms with van der Waals surface area (Å²) in [5, 5.41) is 13.7. The standard InChI is InChI=1S/C17H20ClN3O3S/c1-11(2)20(9-14-6-4-12(3)25-14)10-17(22)19-13-5-7-15(18)16(8-13)21(23)24/h4-8,11H,9-10H2,1-3H3,(H,19,22). The van der Waals surface area contributed by atoms with E-state index in [2.05, 4.69) is 17.4 Å². The Kier molecular flexibility index (Phi) is 6.52. The lowest BCUT2D eigenvalue weighted by molar-refractivity contribution is -0.384. The smallest absolute Gasteiger partial charge is 0.289 e. The summed E-state index contributed by atoms with van der Waals surface area (Å²) in [6.07, 6.45) is 0. The molecule has 25 heavy (non-hydrogen) atoms. The molecule has 134 valence electrons. The summed E-state index contributed by atoms with van der Waals surface area (Å²) >= 11 is 7.49. The van der Waals surface area contributed by atoms with E-state index in [0.29, 0.717) is 12.2 Å². The molecule has 2 rings (SSSR count). The molecule has 0 saturated heterocycles. The summed E-state index contributed by atoms with van der Waals surface area (Å²) in [4.78, 5) is 27.2. The van der Waals surface area contributed by atoms with Gasteiger partial charge in [0.15, 0.2) is 0 Å². The molecule has 0 aliphatic heterocycles. The fourth-order valence-corrected chi connectivity index (χ4v) is 3.41. The van der Waals surface area contributed by atoms with Gasteiger partial charge in [-0.3, -0.25) is 19.8 Å². The number of hydrogen-bond donors (Lipinski definition) is 1. The van der Waals surface area contributed by atoms with Crippen molar-refractivity contribution in [1.82, 2.24) is 4.90 Å². The van der Waals surface area contributed by atoms with E-state index in [0.717, 1.165) is 0 Å². The number of aryl methyl sites for hydroxylation is 1. The molecule has 0 unspecified atom stereocenters. The summed E-state index contributed by atoms with van der Waals surface area (Å²) in [7, 11) is 0. The average Bonchev–Trinajstić information content (AvgIpc) is 2.93. The summed E-state index contributed by atoms with van der Waals surface area (Å²) in [6.45, 7) is 6.99. The van der Waals surface area contributed by atoms with Crippen LogP contribution in [0.15, 0.2) is 30.3 Å². The highest BCUT2D eigenvalue weighted by Crippen LogP contribution is 2.27. The first-order valence-electron chi connectivity index (χ1n) is 7.79. The average molecular weight is 382 g/mol. The Balaban J connectivity index is 2.04. The van der Waals surface area contributed by atoms with Crippen molar-refractivity contribution >= 4 is 40.2 Å². The summed E-state index contributed by atoms with van der Waals surface area (Å²) in [6, 6.07) is 8.54. The van der Waals surface area contributed by atoms with Crippen LogP contribution in [-0.2, 0) is 11.3 Å². The lowest BCUT2D eigenvalue weighted by Gasteiger charge is -2.25. The number of carbonyl (C=O) groups excluding carboxylic acids is 1. The number of thiophene rings is 1. The van der Waals surface area contributed by atoms with Crippen LogP contribution >= 0.6 is 22.9 Å². The van der Waals surface area contributed by atoms with E-state index in [1.54, 1.807) is 17.4 Å². The fraction of sp³-hybridized carbons (Fsp3) is 0.353. The number of halogens is 1. The third-order valence-corrected chi connectivity index (χ3v) is 4.96. The van der Waals surface area contributed by atoms with Crippen LogP contribution in [0.4, 0.5) is 11.4 Å². The molecule has 0 fully saturated rings. The molecule has 0 radical (unpaired) electrons. The van der Waals surface area contributed by atoms with E-state index in [9.17, 15) is 14.9 Å². The van der Waals surface area contributed by atoms with Gasteiger partial charge in [-0.2, -0.15) is 0 Å². The van der Waals surface area contributed by atoms with Gasteiger partial charge in [-0.05, 0) is 45.0 Å². The van der Waals surface area contributed by atoms with Crippen molar-refractivity contribution in [3.05, 3.63) is 55.2 Å². The quantitative estimate of drug-likeness (QED) is 0.567. The zero-order chi connectivity index (χ0) is 18.6. The molecule has 2 aromatic rings. The van der Waals surface area contributed by atoms with Gasteiger partial charge in [-0.1, -0.05) is 11.6 Å². The molecule has 0 aliphatic rings. The van der Waals surface area contributed by atoms with Crippen molar-refractivity contribution in [1.29, 1.82) is 0 Å². The lowest BCUT2D eigenvalue weighted by atomic mass is 10.2. The van der Waals surface area contributed by atoms with E-state index < -0.39 is 4.92 Å². The number of nitrogens with zero attached hydrogens (tertiary/aromatic N) is 2. The van der Waals surface area contributed by atoms with Crippen LogP contribution < -0.4 is 5.32 Å². The normalized spacial score (nSPS) is 11.1. The zero-order valence-electron chi connectivity index (χ0n) is 14.3. The van der Waals surface area contributed by atoms with Gasteiger partial charge in [0.2, 0.25) is 5.91 Å². The first kappa shape index (κ1) is 19.4. The van der Waals surface area contributed by atoms with E-state index in [1.165, 1.54) is 21.9 Å². The minimum Gasteiger partial charge on any atom is -0.325 e. The number of rotatable bonds is 7. The highest BCUT2D eigenvalue weighted by atomic mass is 35.5. The molecule has 1 heterocycles. The molecular weight excluding hydrogens is 362 g/mol. The van der Waals surface area contributed by atoms with Gasteiger partial charge < -0.3 is 5.32 Å². The lowest BCUT2D eigenvalue weighted by Crippen LogP contribution is -2.37. The Hall–Kier alpha value is -1.96. The highest BCUT2D eigenvalue weighted by Gasteiger charge is 2.17. The number of nitro groups is 1. The molecular formula is C17H20ClN3O3S. The van der Waals surface area contributed by atoms with Crippen molar-refractivity contribution < 1.29 is 9.72 Å².